The summed E-state index contributed by atoms with van der Waals surface area (Å²) in [4.78, 5) is 17.8. The fourth-order valence-corrected chi connectivity index (χ4v) is 9.54. The smallest absolute Gasteiger partial charge is 0.273 e. The van der Waals surface area contributed by atoms with Crippen LogP contribution in [0.25, 0.3) is 0 Å². The summed E-state index contributed by atoms with van der Waals surface area (Å²) in [7, 11) is -3.30. The van der Waals surface area contributed by atoms with Gasteiger partial charge in [0.2, 0.25) is 10.0 Å². The van der Waals surface area contributed by atoms with E-state index in [1.54, 1.807) is 6.07 Å². The summed E-state index contributed by atoms with van der Waals surface area (Å²) >= 11 is 0. The van der Waals surface area contributed by atoms with Crippen LogP contribution in [0.2, 0.25) is 0 Å². The molecule has 5 aliphatic rings. The average molecular weight is 534 g/mol. The molecule has 0 aromatic carbocycles. The van der Waals surface area contributed by atoms with E-state index in [9.17, 15) is 13.2 Å². The van der Waals surface area contributed by atoms with Crippen molar-refractivity contribution >= 4 is 15.9 Å². The Labute approximate surface area is 221 Å². The van der Waals surface area contributed by atoms with E-state index in [1.165, 1.54) is 32.4 Å². The van der Waals surface area contributed by atoms with Crippen molar-refractivity contribution in [1.82, 2.24) is 24.6 Å². The van der Waals surface area contributed by atoms with E-state index in [4.69, 9.17) is 4.52 Å². The van der Waals surface area contributed by atoms with Crippen molar-refractivity contribution in [3.63, 3.8) is 0 Å². The van der Waals surface area contributed by atoms with Gasteiger partial charge in [0.05, 0.1) is 5.75 Å². The zero-order valence-electron chi connectivity index (χ0n) is 22.0. The molecule has 10 heteroatoms. The number of aromatic nitrogens is 1. The minimum Gasteiger partial charge on any atom is -0.360 e. The molecule has 37 heavy (non-hydrogen) atoms. The van der Waals surface area contributed by atoms with Crippen LogP contribution in [0.5, 0.6) is 0 Å². The lowest BCUT2D eigenvalue weighted by Gasteiger charge is -2.39. The van der Waals surface area contributed by atoms with Gasteiger partial charge in [-0.1, -0.05) is 11.6 Å². The van der Waals surface area contributed by atoms with Crippen LogP contribution in [0.3, 0.4) is 0 Å². The second kappa shape index (κ2) is 10.9. The molecular weight excluding hydrogens is 490 g/mol. The summed E-state index contributed by atoms with van der Waals surface area (Å²) in [6.45, 7) is 6.76. The number of piperidine rings is 3. The summed E-state index contributed by atoms with van der Waals surface area (Å²) in [5.41, 5.74) is 0.339. The molecule has 1 amide bonds. The van der Waals surface area contributed by atoms with Crippen molar-refractivity contribution in [1.29, 1.82) is 0 Å². The zero-order valence-corrected chi connectivity index (χ0v) is 22.8. The van der Waals surface area contributed by atoms with Gasteiger partial charge in [0, 0.05) is 43.2 Å². The summed E-state index contributed by atoms with van der Waals surface area (Å²) in [5.74, 6) is 1.55. The second-order valence-electron chi connectivity index (χ2n) is 12.2. The number of carbonyl (C=O) groups excluding carboxylic acids is 1. The molecule has 1 aromatic heterocycles. The number of hydrogen-bond acceptors (Lipinski definition) is 7. The Balaban J connectivity index is 0.970. The maximum Gasteiger partial charge on any atom is 0.273 e. The van der Waals surface area contributed by atoms with Crippen LogP contribution in [0, 0.1) is 5.92 Å². The topological polar surface area (TPSA) is 99.0 Å². The number of carbonyl (C=O) groups is 1. The normalized spacial score (nSPS) is 30.5. The Morgan fingerprint density at radius 3 is 2.22 bits per heavy atom. The zero-order chi connectivity index (χ0) is 25.4. The van der Waals surface area contributed by atoms with E-state index in [0.29, 0.717) is 24.5 Å². The lowest BCUT2D eigenvalue weighted by molar-refractivity contribution is 0.0899. The van der Waals surface area contributed by atoms with Gasteiger partial charge >= 0.3 is 0 Å². The Bertz CT molecular complexity index is 1030. The molecule has 5 fully saturated rings. The molecule has 0 radical (unpaired) electrons. The van der Waals surface area contributed by atoms with Gasteiger partial charge in [-0.2, -0.15) is 4.31 Å². The standard InChI is InChI=1S/C27H43N5O4S/c33-27(25-18-26(36-29-25)21-4-5-21)28-22-16-23-6-7-24(17-22)32(23)37(34,35)19-20-8-12-31(13-9-20)15-14-30-10-2-1-3-11-30/h18,20-24H,1-17,19H2,(H,28,33)/t22-,23+,24-. The molecule has 4 aliphatic heterocycles. The molecule has 3 atom stereocenters. The van der Waals surface area contributed by atoms with Crippen molar-refractivity contribution in [2.75, 3.05) is 45.0 Å². The van der Waals surface area contributed by atoms with Crippen LogP contribution < -0.4 is 5.32 Å². The van der Waals surface area contributed by atoms with Crippen LogP contribution in [0.15, 0.2) is 10.6 Å². The molecule has 0 spiro atoms. The highest BCUT2D eigenvalue weighted by molar-refractivity contribution is 7.89. The van der Waals surface area contributed by atoms with Crippen molar-refractivity contribution in [3.8, 4) is 0 Å². The highest BCUT2D eigenvalue weighted by Gasteiger charge is 2.47. The third-order valence-electron chi connectivity index (χ3n) is 9.40. The average Bonchev–Trinajstić information content (AvgIpc) is 3.54. The van der Waals surface area contributed by atoms with E-state index >= 15 is 0 Å². The summed E-state index contributed by atoms with van der Waals surface area (Å²) in [6, 6.07) is 1.75. The maximum absolute atomic E-state index is 13.5. The SMILES string of the molecule is O=C(N[C@H]1C[C@H]2CC[C@@H](C1)N2S(=O)(=O)CC1CCN(CCN2CCCCC2)CC1)c1cc(C2CC2)on1. The van der Waals surface area contributed by atoms with Crippen LogP contribution in [0.1, 0.15) is 92.8 Å². The summed E-state index contributed by atoms with van der Waals surface area (Å²) in [6.07, 6.45) is 11.3. The van der Waals surface area contributed by atoms with Crippen molar-refractivity contribution in [2.45, 2.75) is 94.7 Å². The molecule has 4 saturated heterocycles. The van der Waals surface area contributed by atoms with Gasteiger partial charge < -0.3 is 19.6 Å². The minimum absolute atomic E-state index is 0.00184. The second-order valence-corrected chi connectivity index (χ2v) is 14.1. The van der Waals surface area contributed by atoms with Gasteiger partial charge in [0.25, 0.3) is 5.91 Å². The number of nitrogens with zero attached hydrogens (tertiary/aromatic N) is 4. The van der Waals surface area contributed by atoms with Crippen LogP contribution in [0.4, 0.5) is 0 Å². The third-order valence-corrected chi connectivity index (χ3v) is 11.5. The molecular formula is C27H43N5O4S. The van der Waals surface area contributed by atoms with Gasteiger partial charge in [0.1, 0.15) is 5.76 Å². The Morgan fingerprint density at radius 2 is 1.57 bits per heavy atom. The fraction of sp³-hybridized carbons (Fsp3) is 0.852. The van der Waals surface area contributed by atoms with Gasteiger partial charge in [-0.3, -0.25) is 4.79 Å². The number of rotatable bonds is 9. The molecule has 9 nitrogen and oxygen atoms in total. The molecule has 2 bridgehead atoms. The molecule has 1 saturated carbocycles. The number of amides is 1. The monoisotopic (exact) mass is 533 g/mol. The molecule has 1 aromatic rings. The number of nitrogens with one attached hydrogen (secondary N) is 1. The number of sulfonamides is 1. The van der Waals surface area contributed by atoms with Gasteiger partial charge in [-0.05, 0) is 96.3 Å². The number of hydrogen-bond donors (Lipinski definition) is 1. The Hall–Kier alpha value is -1.49. The van der Waals surface area contributed by atoms with Crippen molar-refractivity contribution in [3.05, 3.63) is 17.5 Å². The predicted octanol–water partition coefficient (Wildman–Crippen LogP) is 2.80. The Kier molecular flexibility index (Phi) is 7.62. The molecule has 6 rings (SSSR count). The third kappa shape index (κ3) is 6.07. The van der Waals surface area contributed by atoms with Crippen LogP contribution >= 0.6 is 0 Å². The Morgan fingerprint density at radius 1 is 0.919 bits per heavy atom. The first kappa shape index (κ1) is 25.8. The quantitative estimate of drug-likeness (QED) is 0.521. The lowest BCUT2D eigenvalue weighted by Crippen LogP contribution is -2.53. The van der Waals surface area contributed by atoms with Crippen LogP contribution in [-0.4, -0.2) is 96.7 Å². The first-order valence-corrected chi connectivity index (χ1v) is 16.3. The predicted molar refractivity (Wildman–Crippen MR) is 141 cm³/mol. The maximum atomic E-state index is 13.5. The highest BCUT2D eigenvalue weighted by Crippen LogP contribution is 2.41. The van der Waals surface area contributed by atoms with E-state index < -0.39 is 10.0 Å². The summed E-state index contributed by atoms with van der Waals surface area (Å²) < 4.78 is 34.3. The number of likely N-dealkylation sites (tertiary alicyclic amines) is 2. The first-order valence-electron chi connectivity index (χ1n) is 14.7. The molecule has 5 heterocycles. The fourth-order valence-electron chi connectivity index (χ4n) is 7.15. The first-order chi connectivity index (χ1) is 17.9. The van der Waals surface area contributed by atoms with Crippen LogP contribution in [-0.2, 0) is 10.0 Å². The van der Waals surface area contributed by atoms with E-state index in [-0.39, 0.29) is 35.7 Å². The molecule has 0 unspecified atom stereocenters. The van der Waals surface area contributed by atoms with E-state index in [2.05, 4.69) is 20.3 Å². The van der Waals surface area contributed by atoms with E-state index in [1.807, 2.05) is 4.31 Å². The van der Waals surface area contributed by atoms with Gasteiger partial charge in [0.15, 0.2) is 5.69 Å². The van der Waals surface area contributed by atoms with Crippen molar-refractivity contribution < 1.29 is 17.7 Å². The largest absolute Gasteiger partial charge is 0.360 e. The molecule has 1 aliphatic carbocycles. The summed E-state index contributed by atoms with van der Waals surface area (Å²) in [5, 5.41) is 7.07. The lowest BCUT2D eigenvalue weighted by atomic mass is 9.99. The molecule has 206 valence electrons. The van der Waals surface area contributed by atoms with Gasteiger partial charge in [-0.25, -0.2) is 8.42 Å². The van der Waals surface area contributed by atoms with Gasteiger partial charge in [-0.15, -0.1) is 0 Å². The minimum atomic E-state index is -3.30. The van der Waals surface area contributed by atoms with Crippen molar-refractivity contribution in [2.24, 2.45) is 5.92 Å². The number of fused-ring (bicyclic) bond motifs is 2. The highest BCUT2D eigenvalue weighted by atomic mass is 32.2. The van der Waals surface area contributed by atoms with E-state index in [0.717, 1.165) is 70.5 Å². The molecule has 1 N–H and O–H groups in total.